The van der Waals surface area contributed by atoms with Gasteiger partial charge in [0.2, 0.25) is 0 Å². The number of hydrazone groups is 1. The fraction of sp³-hybridized carbons (Fsp3) is 0.133. The van der Waals surface area contributed by atoms with E-state index in [1.54, 1.807) is 12.3 Å². The number of amides is 1. The van der Waals surface area contributed by atoms with Gasteiger partial charge in [-0.3, -0.25) is 4.79 Å². The average Bonchev–Trinajstić information content (AvgIpc) is 2.78. The van der Waals surface area contributed by atoms with Crippen molar-refractivity contribution >= 4 is 29.5 Å². The lowest BCUT2D eigenvalue weighted by molar-refractivity contribution is 0.0958. The van der Waals surface area contributed by atoms with E-state index in [0.29, 0.717) is 4.88 Å². The second kappa shape index (κ2) is 6.77. The number of aromatic nitrogens is 1. The Morgan fingerprint density at radius 3 is 2.70 bits per heavy atom. The van der Waals surface area contributed by atoms with Crippen LogP contribution in [-0.2, 0) is 0 Å². The van der Waals surface area contributed by atoms with Crippen LogP contribution >= 0.6 is 11.3 Å². The van der Waals surface area contributed by atoms with Gasteiger partial charge in [-0.25, -0.2) is 10.4 Å². The van der Waals surface area contributed by atoms with Crippen LogP contribution in [0.5, 0.6) is 0 Å². The molecule has 0 saturated heterocycles. The molecule has 0 aliphatic heterocycles. The summed E-state index contributed by atoms with van der Waals surface area (Å²) in [6, 6.07) is 9.88. The Morgan fingerprint density at radius 2 is 2.05 bits per heavy atom. The molecule has 1 amide bonds. The lowest BCUT2D eigenvalue weighted by atomic mass is 10.2. The van der Waals surface area contributed by atoms with Crippen molar-refractivity contribution in [1.82, 2.24) is 10.4 Å². The van der Waals surface area contributed by atoms with Crippen molar-refractivity contribution in [2.24, 2.45) is 5.10 Å². The molecule has 1 aromatic carbocycles. The van der Waals surface area contributed by atoms with Crippen molar-refractivity contribution in [2.45, 2.75) is 13.8 Å². The molecular formula is C15H15N3OS. The Balaban J connectivity index is 1.89. The largest absolute Gasteiger partial charge is 0.283 e. The van der Waals surface area contributed by atoms with Crippen LogP contribution in [0.15, 0.2) is 41.5 Å². The van der Waals surface area contributed by atoms with Crippen molar-refractivity contribution in [3.05, 3.63) is 57.6 Å². The molecule has 102 valence electrons. The van der Waals surface area contributed by atoms with Crippen LogP contribution in [0.1, 0.15) is 25.9 Å². The minimum absolute atomic E-state index is 0.225. The Kier molecular flexibility index (Phi) is 4.79. The van der Waals surface area contributed by atoms with Gasteiger partial charge in [0.15, 0.2) is 0 Å². The van der Waals surface area contributed by atoms with E-state index in [2.05, 4.69) is 15.5 Å². The molecule has 4 nitrogen and oxygen atoms in total. The highest BCUT2D eigenvalue weighted by Gasteiger charge is 2.12. The number of rotatable bonds is 4. The quantitative estimate of drug-likeness (QED) is 0.693. The highest BCUT2D eigenvalue weighted by Crippen LogP contribution is 2.16. The summed E-state index contributed by atoms with van der Waals surface area (Å²) in [5, 5.41) is 4.76. The minimum Gasteiger partial charge on any atom is -0.266 e. The van der Waals surface area contributed by atoms with E-state index in [9.17, 15) is 4.79 Å². The molecule has 0 fully saturated rings. The third kappa shape index (κ3) is 3.86. The van der Waals surface area contributed by atoms with Gasteiger partial charge < -0.3 is 0 Å². The Hall–Kier alpha value is -2.27. The zero-order valence-corrected chi connectivity index (χ0v) is 12.1. The molecular weight excluding hydrogens is 270 g/mol. The Labute approximate surface area is 121 Å². The molecule has 2 aromatic rings. The zero-order valence-electron chi connectivity index (χ0n) is 11.3. The highest BCUT2D eigenvalue weighted by atomic mass is 32.1. The van der Waals surface area contributed by atoms with Gasteiger partial charge in [-0.1, -0.05) is 36.4 Å². The van der Waals surface area contributed by atoms with Gasteiger partial charge in [0.05, 0.1) is 10.7 Å². The number of carbonyl (C=O) groups is 1. The molecule has 1 aromatic heterocycles. The summed E-state index contributed by atoms with van der Waals surface area (Å²) in [4.78, 5) is 16.6. The van der Waals surface area contributed by atoms with E-state index in [1.165, 1.54) is 11.3 Å². The third-order valence-electron chi connectivity index (χ3n) is 2.52. The van der Waals surface area contributed by atoms with Crippen LogP contribution in [0.25, 0.3) is 6.08 Å². The molecule has 1 N–H and O–H groups in total. The number of hydrogen-bond acceptors (Lipinski definition) is 4. The molecule has 20 heavy (non-hydrogen) atoms. The molecule has 0 radical (unpaired) electrons. The van der Waals surface area contributed by atoms with Crippen molar-refractivity contribution in [1.29, 1.82) is 0 Å². The van der Waals surface area contributed by atoms with Gasteiger partial charge in [0.1, 0.15) is 4.88 Å². The number of thiazole rings is 1. The molecule has 0 spiro atoms. The monoisotopic (exact) mass is 285 g/mol. The van der Waals surface area contributed by atoms with Crippen molar-refractivity contribution < 1.29 is 4.79 Å². The number of aryl methyl sites for hydroxylation is 2. The maximum absolute atomic E-state index is 11.8. The standard InChI is InChI=1S/C15H15N3OS/c1-11-14(20-12(2)17-11)15(19)18-16-10-6-9-13-7-4-3-5-8-13/h3-10H,1-2H3,(H,18,19)/b9-6+,16-10?. The Morgan fingerprint density at radius 1 is 1.30 bits per heavy atom. The van der Waals surface area contributed by atoms with E-state index in [4.69, 9.17) is 0 Å². The first-order valence-electron chi connectivity index (χ1n) is 6.16. The first-order valence-corrected chi connectivity index (χ1v) is 6.97. The predicted molar refractivity (Wildman–Crippen MR) is 83.0 cm³/mol. The van der Waals surface area contributed by atoms with Crippen LogP contribution < -0.4 is 5.43 Å². The summed E-state index contributed by atoms with van der Waals surface area (Å²) in [5.41, 5.74) is 4.31. The van der Waals surface area contributed by atoms with Crippen LogP contribution in [0.2, 0.25) is 0 Å². The van der Waals surface area contributed by atoms with Gasteiger partial charge >= 0.3 is 0 Å². The smallest absolute Gasteiger partial charge is 0.266 e. The van der Waals surface area contributed by atoms with Gasteiger partial charge in [0, 0.05) is 6.21 Å². The summed E-state index contributed by atoms with van der Waals surface area (Å²) < 4.78 is 0. The van der Waals surface area contributed by atoms with Gasteiger partial charge in [0.25, 0.3) is 5.91 Å². The van der Waals surface area contributed by atoms with Gasteiger partial charge in [-0.15, -0.1) is 11.3 Å². The second-order valence-corrected chi connectivity index (χ2v) is 5.34. The molecule has 2 rings (SSSR count). The van der Waals surface area contributed by atoms with E-state index in [-0.39, 0.29) is 5.91 Å². The summed E-state index contributed by atoms with van der Waals surface area (Å²) >= 11 is 1.37. The van der Waals surface area contributed by atoms with E-state index >= 15 is 0 Å². The summed E-state index contributed by atoms with van der Waals surface area (Å²) in [5.74, 6) is -0.225. The van der Waals surface area contributed by atoms with E-state index in [1.807, 2.05) is 50.3 Å². The number of nitrogens with zero attached hydrogens (tertiary/aromatic N) is 2. The highest BCUT2D eigenvalue weighted by molar-refractivity contribution is 7.13. The second-order valence-electron chi connectivity index (χ2n) is 4.14. The number of carbonyl (C=O) groups excluding carboxylic acids is 1. The van der Waals surface area contributed by atoms with Crippen LogP contribution in [0.3, 0.4) is 0 Å². The molecule has 0 aliphatic rings. The lowest BCUT2D eigenvalue weighted by Gasteiger charge is -1.95. The van der Waals surface area contributed by atoms with E-state index in [0.717, 1.165) is 16.3 Å². The lowest BCUT2D eigenvalue weighted by Crippen LogP contribution is -2.16. The molecule has 0 unspecified atom stereocenters. The topological polar surface area (TPSA) is 54.4 Å². The Bertz CT molecular complexity index is 644. The molecule has 0 aliphatic carbocycles. The third-order valence-corrected chi connectivity index (χ3v) is 3.60. The van der Waals surface area contributed by atoms with Gasteiger partial charge in [-0.05, 0) is 25.5 Å². The van der Waals surface area contributed by atoms with Crippen LogP contribution in [0.4, 0.5) is 0 Å². The fourth-order valence-corrected chi connectivity index (χ4v) is 2.46. The molecule has 5 heteroatoms. The van der Waals surface area contributed by atoms with Crippen LogP contribution in [0, 0.1) is 13.8 Å². The SMILES string of the molecule is Cc1nc(C)c(C(=O)NN=C/C=C/c2ccccc2)s1. The minimum atomic E-state index is -0.225. The number of hydrogen-bond donors (Lipinski definition) is 1. The normalized spacial score (nSPS) is 11.3. The fourth-order valence-electron chi connectivity index (χ4n) is 1.65. The molecule has 0 atom stereocenters. The average molecular weight is 285 g/mol. The maximum atomic E-state index is 11.8. The predicted octanol–water partition coefficient (Wildman–Crippen LogP) is 3.19. The zero-order chi connectivity index (χ0) is 14.4. The molecule has 0 saturated carbocycles. The summed E-state index contributed by atoms with van der Waals surface area (Å²) in [6.07, 6.45) is 5.24. The van der Waals surface area contributed by atoms with Crippen LogP contribution in [-0.4, -0.2) is 17.1 Å². The molecule has 1 heterocycles. The van der Waals surface area contributed by atoms with Crippen molar-refractivity contribution in [3.8, 4) is 0 Å². The maximum Gasteiger partial charge on any atom is 0.283 e. The van der Waals surface area contributed by atoms with Crippen molar-refractivity contribution in [3.63, 3.8) is 0 Å². The summed E-state index contributed by atoms with van der Waals surface area (Å²) in [7, 11) is 0. The number of nitrogens with one attached hydrogen (secondary N) is 1. The summed E-state index contributed by atoms with van der Waals surface area (Å²) in [6.45, 7) is 3.69. The first kappa shape index (κ1) is 14.1. The molecule has 0 bridgehead atoms. The number of allylic oxidation sites excluding steroid dienone is 1. The number of benzene rings is 1. The van der Waals surface area contributed by atoms with Crippen molar-refractivity contribution in [2.75, 3.05) is 0 Å². The first-order chi connectivity index (χ1) is 9.66. The van der Waals surface area contributed by atoms with Gasteiger partial charge in [-0.2, -0.15) is 5.10 Å². The van der Waals surface area contributed by atoms with E-state index < -0.39 is 0 Å².